The van der Waals surface area contributed by atoms with Crippen LogP contribution in [0, 0.1) is 5.92 Å². The molecule has 2 aromatic rings. The fraction of sp³-hybridized carbons (Fsp3) is 0.235. The van der Waals surface area contributed by atoms with Gasteiger partial charge in [-0.1, -0.05) is 30.9 Å². The zero-order chi connectivity index (χ0) is 15.1. The predicted molar refractivity (Wildman–Crippen MR) is 90.9 cm³/mol. The van der Waals surface area contributed by atoms with Crippen LogP contribution in [0.3, 0.4) is 0 Å². The van der Waals surface area contributed by atoms with Crippen LogP contribution in [-0.2, 0) is 0 Å². The number of hydrogen-bond acceptors (Lipinski definition) is 3. The van der Waals surface area contributed by atoms with Gasteiger partial charge in [-0.25, -0.2) is 4.98 Å². The topological polar surface area (TPSA) is 44.0 Å². The lowest BCUT2D eigenvalue weighted by Gasteiger charge is -2.33. The molecule has 2 N–H and O–H groups in total. The number of benzene rings is 1. The molecule has 0 saturated carbocycles. The molecule has 112 valence electrons. The molecule has 1 aliphatic carbocycles. The van der Waals surface area contributed by atoms with Gasteiger partial charge in [0.1, 0.15) is 0 Å². The highest BCUT2D eigenvalue weighted by molar-refractivity contribution is 6.22. The number of allylic oxidation sites excluding steroid dienone is 3. The second-order valence-electron chi connectivity index (χ2n) is 5.66. The first-order valence-electron chi connectivity index (χ1n) is 7.38. The van der Waals surface area contributed by atoms with E-state index in [2.05, 4.69) is 57.1 Å². The van der Waals surface area contributed by atoms with Gasteiger partial charge in [-0.15, -0.1) is 11.6 Å². The lowest BCUT2D eigenvalue weighted by Crippen LogP contribution is -2.39. The van der Waals surface area contributed by atoms with Crippen molar-refractivity contribution in [2.24, 2.45) is 5.92 Å². The average Bonchev–Trinajstić information content (AvgIpc) is 3.13. The molecular formula is C17H17ClN4. The zero-order valence-corrected chi connectivity index (χ0v) is 12.8. The second kappa shape index (κ2) is 5.21. The fourth-order valence-corrected chi connectivity index (χ4v) is 3.60. The molecule has 1 fully saturated rings. The van der Waals surface area contributed by atoms with Gasteiger partial charge in [0.25, 0.3) is 0 Å². The molecule has 1 aromatic heterocycles. The highest BCUT2D eigenvalue weighted by Gasteiger charge is 2.36. The van der Waals surface area contributed by atoms with Crippen molar-refractivity contribution in [1.29, 1.82) is 0 Å². The van der Waals surface area contributed by atoms with Gasteiger partial charge in [0.05, 0.1) is 34.6 Å². The molecule has 0 radical (unpaired) electrons. The van der Waals surface area contributed by atoms with Crippen molar-refractivity contribution in [1.82, 2.24) is 15.3 Å². The number of hydrogen-bond donors (Lipinski definition) is 2. The minimum Gasteiger partial charge on any atom is -0.370 e. The Kier molecular flexibility index (Phi) is 3.19. The number of aromatic nitrogens is 2. The first-order valence-corrected chi connectivity index (χ1v) is 7.82. The summed E-state index contributed by atoms with van der Waals surface area (Å²) in [7, 11) is 0. The number of imidazole rings is 1. The Morgan fingerprint density at radius 1 is 1.27 bits per heavy atom. The Morgan fingerprint density at radius 3 is 3.00 bits per heavy atom. The summed E-state index contributed by atoms with van der Waals surface area (Å²) in [4.78, 5) is 9.70. The van der Waals surface area contributed by atoms with Crippen LogP contribution < -0.4 is 10.2 Å². The van der Waals surface area contributed by atoms with Gasteiger partial charge in [0, 0.05) is 18.2 Å². The van der Waals surface area contributed by atoms with Crippen molar-refractivity contribution in [3.63, 3.8) is 0 Å². The summed E-state index contributed by atoms with van der Waals surface area (Å²) in [6.07, 6.45) is 10.0. The number of H-pyrrole nitrogens is 1. The fourth-order valence-electron chi connectivity index (χ4n) is 3.26. The summed E-state index contributed by atoms with van der Waals surface area (Å²) in [5.41, 5.74) is 3.08. The van der Waals surface area contributed by atoms with Gasteiger partial charge < -0.3 is 15.2 Å². The van der Waals surface area contributed by atoms with Crippen LogP contribution in [0.4, 0.5) is 5.69 Å². The summed E-state index contributed by atoms with van der Waals surface area (Å²) < 4.78 is 0. The van der Waals surface area contributed by atoms with Crippen molar-refractivity contribution in [3.8, 4) is 0 Å². The molecule has 5 heteroatoms. The number of fused-ring (bicyclic) bond motifs is 1. The SMILES string of the molecule is C=C1NCC(C2C=CC=CC2Cl)N1c1ccc2[nH]cnc2c1. The number of alkyl halides is 1. The molecule has 2 heterocycles. The molecule has 0 bridgehead atoms. The number of aromatic amines is 1. The number of anilines is 1. The van der Waals surface area contributed by atoms with E-state index in [1.54, 1.807) is 6.33 Å². The van der Waals surface area contributed by atoms with Gasteiger partial charge in [-0.2, -0.15) is 0 Å². The quantitative estimate of drug-likeness (QED) is 0.837. The summed E-state index contributed by atoms with van der Waals surface area (Å²) in [5, 5.41) is 3.36. The highest BCUT2D eigenvalue weighted by Crippen LogP contribution is 2.34. The monoisotopic (exact) mass is 312 g/mol. The van der Waals surface area contributed by atoms with Gasteiger partial charge in [0.2, 0.25) is 0 Å². The van der Waals surface area contributed by atoms with E-state index >= 15 is 0 Å². The Hall–Kier alpha value is -2.20. The van der Waals surface area contributed by atoms with E-state index in [-0.39, 0.29) is 17.3 Å². The second-order valence-corrected chi connectivity index (χ2v) is 6.16. The highest BCUT2D eigenvalue weighted by atomic mass is 35.5. The Morgan fingerprint density at radius 2 is 2.14 bits per heavy atom. The summed E-state index contributed by atoms with van der Waals surface area (Å²) in [6, 6.07) is 6.47. The first-order chi connectivity index (χ1) is 10.7. The van der Waals surface area contributed by atoms with Crippen LogP contribution in [0.1, 0.15) is 0 Å². The van der Waals surface area contributed by atoms with Crippen molar-refractivity contribution >= 4 is 28.3 Å². The van der Waals surface area contributed by atoms with Crippen LogP contribution >= 0.6 is 11.6 Å². The molecule has 0 amide bonds. The minimum atomic E-state index is -0.000635. The minimum absolute atomic E-state index is 0.000635. The number of nitrogens with one attached hydrogen (secondary N) is 2. The molecule has 1 aromatic carbocycles. The van der Waals surface area contributed by atoms with E-state index < -0.39 is 0 Å². The van der Waals surface area contributed by atoms with E-state index in [0.29, 0.717) is 0 Å². The van der Waals surface area contributed by atoms with Crippen LogP contribution in [0.2, 0.25) is 0 Å². The van der Waals surface area contributed by atoms with Crippen molar-refractivity contribution in [3.05, 3.63) is 61.2 Å². The Labute approximate surface area is 134 Å². The summed E-state index contributed by atoms with van der Waals surface area (Å²) in [5.74, 6) is 1.15. The van der Waals surface area contributed by atoms with Crippen LogP contribution in [0.25, 0.3) is 11.0 Å². The van der Waals surface area contributed by atoms with Crippen LogP contribution in [0.15, 0.2) is 61.2 Å². The molecule has 4 rings (SSSR count). The van der Waals surface area contributed by atoms with Crippen molar-refractivity contribution < 1.29 is 0 Å². The normalized spacial score (nSPS) is 27.6. The van der Waals surface area contributed by atoms with E-state index in [9.17, 15) is 0 Å². The van der Waals surface area contributed by atoms with Gasteiger partial charge in [-0.05, 0) is 18.2 Å². The summed E-state index contributed by atoms with van der Waals surface area (Å²) in [6.45, 7) is 4.99. The molecule has 4 nitrogen and oxygen atoms in total. The van der Waals surface area contributed by atoms with E-state index in [1.165, 1.54) is 0 Å². The number of nitrogens with zero attached hydrogens (tertiary/aromatic N) is 2. The van der Waals surface area contributed by atoms with Crippen molar-refractivity contribution in [2.45, 2.75) is 11.4 Å². The molecule has 22 heavy (non-hydrogen) atoms. The predicted octanol–water partition coefficient (Wildman–Crippen LogP) is 3.16. The molecule has 1 saturated heterocycles. The van der Waals surface area contributed by atoms with Crippen molar-refractivity contribution in [2.75, 3.05) is 11.4 Å². The van der Waals surface area contributed by atoms with E-state index in [0.717, 1.165) is 29.1 Å². The molecule has 1 aliphatic heterocycles. The zero-order valence-electron chi connectivity index (χ0n) is 12.0. The smallest absolute Gasteiger partial charge is 0.0988 e. The number of rotatable bonds is 2. The van der Waals surface area contributed by atoms with E-state index in [1.807, 2.05) is 12.2 Å². The first kappa shape index (κ1) is 13.5. The van der Waals surface area contributed by atoms with Gasteiger partial charge >= 0.3 is 0 Å². The standard InChI is InChI=1S/C17H17ClN4/c1-11-19-9-17(13-4-2-3-5-14(13)18)22(11)12-6-7-15-16(8-12)21-10-20-15/h2-8,10,13-14,17,19H,1,9H2,(H,20,21). The third-order valence-corrected chi connectivity index (χ3v) is 4.81. The molecule has 2 aliphatic rings. The average molecular weight is 313 g/mol. The van der Waals surface area contributed by atoms with Gasteiger partial charge in [-0.3, -0.25) is 0 Å². The molecule has 3 atom stereocenters. The van der Waals surface area contributed by atoms with Gasteiger partial charge in [0.15, 0.2) is 0 Å². The van der Waals surface area contributed by atoms with E-state index in [4.69, 9.17) is 11.6 Å². The number of halogens is 1. The molecule has 0 spiro atoms. The maximum atomic E-state index is 6.50. The summed E-state index contributed by atoms with van der Waals surface area (Å²) >= 11 is 6.50. The molecule has 3 unspecified atom stereocenters. The maximum Gasteiger partial charge on any atom is 0.0988 e. The lowest BCUT2D eigenvalue weighted by molar-refractivity contribution is 0.527. The maximum absolute atomic E-state index is 6.50. The lowest BCUT2D eigenvalue weighted by atomic mass is 9.91. The Bertz CT molecular complexity index is 776. The third kappa shape index (κ3) is 2.11. The van der Waals surface area contributed by atoms with Crippen LogP contribution in [-0.4, -0.2) is 27.9 Å². The van der Waals surface area contributed by atoms with Crippen LogP contribution in [0.5, 0.6) is 0 Å². The Balaban J connectivity index is 1.72. The molecular weight excluding hydrogens is 296 g/mol. The largest absolute Gasteiger partial charge is 0.370 e. The third-order valence-electron chi connectivity index (χ3n) is 4.37.